The zero-order chi connectivity index (χ0) is 16.4. The molecular weight excluding hydrogens is 330 g/mol. The molecule has 0 spiro atoms. The summed E-state index contributed by atoms with van der Waals surface area (Å²) >= 11 is 5.87. The number of aromatic amines is 1. The highest BCUT2D eigenvalue weighted by Gasteiger charge is 2.09. The molecule has 1 aromatic carbocycles. The quantitative estimate of drug-likeness (QED) is 0.574. The van der Waals surface area contributed by atoms with Crippen LogP contribution in [0.2, 0.25) is 5.02 Å². The summed E-state index contributed by atoms with van der Waals surface area (Å²) in [5.41, 5.74) is 2.25. The number of nitrogens with zero attached hydrogens (tertiary/aromatic N) is 5. The zero-order valence-corrected chi connectivity index (χ0v) is 13.2. The SMILES string of the molecule is Clc1ccc(-c2noc(CCNc3ncnc4nc[nH]c34)n2)cc1. The molecule has 0 saturated heterocycles. The Bertz CT molecular complexity index is 963. The van der Waals surface area contributed by atoms with Crippen LogP contribution < -0.4 is 5.32 Å². The van der Waals surface area contributed by atoms with E-state index in [1.165, 1.54) is 6.33 Å². The summed E-state index contributed by atoms with van der Waals surface area (Å²) in [5, 5.41) is 7.86. The predicted molar refractivity (Wildman–Crippen MR) is 88.6 cm³/mol. The number of halogens is 1. The van der Waals surface area contributed by atoms with Crippen LogP contribution in [0, 0.1) is 0 Å². The molecule has 0 aliphatic carbocycles. The molecule has 120 valence electrons. The highest BCUT2D eigenvalue weighted by molar-refractivity contribution is 6.30. The van der Waals surface area contributed by atoms with Crippen molar-refractivity contribution in [1.29, 1.82) is 0 Å². The molecule has 4 aromatic rings. The highest BCUT2D eigenvalue weighted by atomic mass is 35.5. The van der Waals surface area contributed by atoms with E-state index in [0.717, 1.165) is 11.1 Å². The maximum Gasteiger partial charge on any atom is 0.228 e. The van der Waals surface area contributed by atoms with Crippen molar-refractivity contribution in [2.45, 2.75) is 6.42 Å². The smallest absolute Gasteiger partial charge is 0.228 e. The summed E-state index contributed by atoms with van der Waals surface area (Å²) in [5.74, 6) is 1.77. The average Bonchev–Trinajstić information content (AvgIpc) is 3.25. The molecule has 0 unspecified atom stereocenters. The summed E-state index contributed by atoms with van der Waals surface area (Å²) in [6, 6.07) is 7.29. The fourth-order valence-electron chi connectivity index (χ4n) is 2.26. The largest absolute Gasteiger partial charge is 0.368 e. The number of imidazole rings is 1. The number of H-pyrrole nitrogens is 1. The minimum atomic E-state index is 0.541. The molecule has 0 amide bonds. The van der Waals surface area contributed by atoms with E-state index < -0.39 is 0 Å². The van der Waals surface area contributed by atoms with Crippen LogP contribution in [-0.4, -0.2) is 36.6 Å². The Hall–Kier alpha value is -3.00. The van der Waals surface area contributed by atoms with Crippen LogP contribution in [0.4, 0.5) is 5.82 Å². The molecule has 0 fully saturated rings. The second-order valence-corrected chi connectivity index (χ2v) is 5.46. The Morgan fingerprint density at radius 2 is 2.00 bits per heavy atom. The second kappa shape index (κ2) is 6.25. The van der Waals surface area contributed by atoms with Crippen molar-refractivity contribution in [1.82, 2.24) is 30.1 Å². The van der Waals surface area contributed by atoms with Crippen molar-refractivity contribution in [2.24, 2.45) is 0 Å². The maximum atomic E-state index is 5.87. The van der Waals surface area contributed by atoms with Gasteiger partial charge in [0.15, 0.2) is 11.5 Å². The van der Waals surface area contributed by atoms with Crippen LogP contribution in [-0.2, 0) is 6.42 Å². The van der Waals surface area contributed by atoms with E-state index in [-0.39, 0.29) is 0 Å². The fourth-order valence-corrected chi connectivity index (χ4v) is 2.39. The number of hydrogen-bond acceptors (Lipinski definition) is 7. The standard InChI is InChI=1S/C15H12ClN7O/c16-10-3-1-9(2-4-10)13-22-11(24-23-13)5-6-17-14-12-15(19-7-18-12)21-8-20-14/h1-4,7-8H,5-6H2,(H2,17,18,19,20,21). The number of hydrogen-bond donors (Lipinski definition) is 2. The predicted octanol–water partition coefficient (Wildman–Crippen LogP) is 2.71. The number of aromatic nitrogens is 6. The molecule has 24 heavy (non-hydrogen) atoms. The Labute approximate surface area is 141 Å². The van der Waals surface area contributed by atoms with Gasteiger partial charge >= 0.3 is 0 Å². The van der Waals surface area contributed by atoms with E-state index in [1.807, 2.05) is 12.1 Å². The average molecular weight is 342 g/mol. The van der Waals surface area contributed by atoms with Gasteiger partial charge in [0.05, 0.1) is 6.33 Å². The van der Waals surface area contributed by atoms with Gasteiger partial charge in [-0.1, -0.05) is 16.8 Å². The van der Waals surface area contributed by atoms with Crippen molar-refractivity contribution in [3.63, 3.8) is 0 Å². The molecule has 0 atom stereocenters. The first-order valence-electron chi connectivity index (χ1n) is 7.26. The third-order valence-electron chi connectivity index (χ3n) is 3.42. The number of benzene rings is 1. The minimum absolute atomic E-state index is 0.541. The highest BCUT2D eigenvalue weighted by Crippen LogP contribution is 2.19. The van der Waals surface area contributed by atoms with Crippen molar-refractivity contribution in [3.05, 3.63) is 47.8 Å². The lowest BCUT2D eigenvalue weighted by Gasteiger charge is -2.03. The van der Waals surface area contributed by atoms with Gasteiger partial charge in [-0.15, -0.1) is 0 Å². The van der Waals surface area contributed by atoms with Gasteiger partial charge in [-0.05, 0) is 24.3 Å². The monoisotopic (exact) mass is 341 g/mol. The molecule has 0 bridgehead atoms. The van der Waals surface area contributed by atoms with E-state index in [4.69, 9.17) is 16.1 Å². The van der Waals surface area contributed by atoms with Gasteiger partial charge in [-0.2, -0.15) is 4.98 Å². The lowest BCUT2D eigenvalue weighted by atomic mass is 10.2. The minimum Gasteiger partial charge on any atom is -0.368 e. The molecule has 3 aromatic heterocycles. The van der Waals surface area contributed by atoms with Crippen LogP contribution in [0.3, 0.4) is 0 Å². The lowest BCUT2D eigenvalue weighted by molar-refractivity contribution is 0.381. The first-order chi connectivity index (χ1) is 11.8. The van der Waals surface area contributed by atoms with Crippen molar-refractivity contribution in [2.75, 3.05) is 11.9 Å². The van der Waals surface area contributed by atoms with Crippen molar-refractivity contribution >= 4 is 28.6 Å². The Balaban J connectivity index is 1.41. The molecule has 8 nitrogen and oxygen atoms in total. The van der Waals surface area contributed by atoms with Crippen LogP contribution >= 0.6 is 11.6 Å². The van der Waals surface area contributed by atoms with E-state index >= 15 is 0 Å². The molecule has 0 aliphatic heterocycles. The van der Waals surface area contributed by atoms with Gasteiger partial charge in [0.25, 0.3) is 0 Å². The number of fused-ring (bicyclic) bond motifs is 1. The molecule has 0 saturated carbocycles. The number of anilines is 1. The summed E-state index contributed by atoms with van der Waals surface area (Å²) < 4.78 is 5.27. The molecule has 3 heterocycles. The van der Waals surface area contributed by atoms with Gasteiger partial charge in [0, 0.05) is 23.6 Å². The maximum absolute atomic E-state index is 5.87. The van der Waals surface area contributed by atoms with Gasteiger partial charge in [-0.3, -0.25) is 0 Å². The van der Waals surface area contributed by atoms with E-state index in [2.05, 4.69) is 35.4 Å². The lowest BCUT2D eigenvalue weighted by Crippen LogP contribution is -2.07. The van der Waals surface area contributed by atoms with Gasteiger partial charge in [0.1, 0.15) is 11.8 Å². The third kappa shape index (κ3) is 2.91. The Morgan fingerprint density at radius 3 is 2.88 bits per heavy atom. The van der Waals surface area contributed by atoms with E-state index in [0.29, 0.717) is 41.2 Å². The van der Waals surface area contributed by atoms with Crippen LogP contribution in [0.1, 0.15) is 5.89 Å². The third-order valence-corrected chi connectivity index (χ3v) is 3.68. The van der Waals surface area contributed by atoms with Crippen LogP contribution in [0.5, 0.6) is 0 Å². The fraction of sp³-hybridized carbons (Fsp3) is 0.133. The molecule has 4 rings (SSSR count). The summed E-state index contributed by atoms with van der Waals surface area (Å²) in [4.78, 5) is 19.7. The van der Waals surface area contributed by atoms with Crippen LogP contribution in [0.15, 0.2) is 41.4 Å². The van der Waals surface area contributed by atoms with E-state index in [1.54, 1.807) is 18.5 Å². The van der Waals surface area contributed by atoms with Crippen molar-refractivity contribution in [3.8, 4) is 11.4 Å². The molecule has 2 N–H and O–H groups in total. The van der Waals surface area contributed by atoms with Crippen LogP contribution in [0.25, 0.3) is 22.6 Å². The summed E-state index contributed by atoms with van der Waals surface area (Å²) in [6.07, 6.45) is 3.62. The topological polar surface area (TPSA) is 105 Å². The number of nitrogens with one attached hydrogen (secondary N) is 2. The second-order valence-electron chi connectivity index (χ2n) is 5.02. The Kier molecular flexibility index (Phi) is 3.80. The molecule has 9 heteroatoms. The molecule has 0 aliphatic rings. The normalized spacial score (nSPS) is 11.0. The number of rotatable bonds is 5. The summed E-state index contributed by atoms with van der Waals surface area (Å²) in [6.45, 7) is 0.591. The first-order valence-corrected chi connectivity index (χ1v) is 7.64. The summed E-state index contributed by atoms with van der Waals surface area (Å²) in [7, 11) is 0. The van der Waals surface area contributed by atoms with Gasteiger partial charge < -0.3 is 14.8 Å². The molecule has 0 radical (unpaired) electrons. The van der Waals surface area contributed by atoms with E-state index in [9.17, 15) is 0 Å². The zero-order valence-electron chi connectivity index (χ0n) is 12.4. The molecular formula is C15H12ClN7O. The van der Waals surface area contributed by atoms with Crippen molar-refractivity contribution < 1.29 is 4.52 Å². The van der Waals surface area contributed by atoms with Gasteiger partial charge in [0.2, 0.25) is 11.7 Å². The Morgan fingerprint density at radius 1 is 1.12 bits per heavy atom. The van der Waals surface area contributed by atoms with Gasteiger partial charge in [-0.25, -0.2) is 15.0 Å². The first kappa shape index (κ1) is 14.6.